The Hall–Kier alpha value is -2.43. The van der Waals surface area contributed by atoms with Crippen molar-refractivity contribution in [3.63, 3.8) is 0 Å². The van der Waals surface area contributed by atoms with Gasteiger partial charge < -0.3 is 30.0 Å². The summed E-state index contributed by atoms with van der Waals surface area (Å²) in [6.07, 6.45) is -0.910. The number of ether oxygens (including phenoxy) is 1. The van der Waals surface area contributed by atoms with Gasteiger partial charge in [0, 0.05) is 11.8 Å². The number of nitrogens with one attached hydrogen (secondary N) is 2. The van der Waals surface area contributed by atoms with Gasteiger partial charge in [-0.2, -0.15) is 0 Å². The number of nitrogens with zero attached hydrogens (tertiary/aromatic N) is 2. The molecule has 1 saturated heterocycles. The van der Waals surface area contributed by atoms with Crippen LogP contribution in [-0.4, -0.2) is 71.7 Å². The van der Waals surface area contributed by atoms with Crippen molar-refractivity contribution in [1.82, 2.24) is 19.9 Å². The molecule has 3 rings (SSSR count). The summed E-state index contributed by atoms with van der Waals surface area (Å²) >= 11 is 0. The third-order valence-corrected chi connectivity index (χ3v) is 4.33. The number of likely N-dealkylation sites (tertiary alicyclic amines) is 1. The molecule has 0 aliphatic carbocycles. The monoisotopic (exact) mass is 366 g/mol. The van der Waals surface area contributed by atoms with E-state index < -0.39 is 48.2 Å². The lowest BCUT2D eigenvalue weighted by Crippen LogP contribution is -2.45. The van der Waals surface area contributed by atoms with Crippen molar-refractivity contribution in [3.05, 3.63) is 28.4 Å². The van der Waals surface area contributed by atoms with E-state index >= 15 is 0 Å². The summed E-state index contributed by atoms with van der Waals surface area (Å²) < 4.78 is 5.37. The zero-order valence-corrected chi connectivity index (χ0v) is 14.6. The molecule has 0 bridgehead atoms. The lowest BCUT2D eigenvalue weighted by molar-refractivity contribution is -0.000805. The molecule has 1 amide bonds. The Morgan fingerprint density at radius 1 is 1.31 bits per heavy atom. The molecule has 5 N–H and O–H groups in total. The molecule has 3 heterocycles. The van der Waals surface area contributed by atoms with Gasteiger partial charge in [-0.1, -0.05) is 0 Å². The minimum Gasteiger partial charge on any atom is -0.444 e. The maximum atomic E-state index is 12.7. The largest absolute Gasteiger partial charge is 0.444 e. The highest BCUT2D eigenvalue weighted by atomic mass is 16.6. The average molecular weight is 366 g/mol. The first-order chi connectivity index (χ1) is 12.2. The Kier molecular flexibility index (Phi) is 4.51. The Bertz CT molecular complexity index is 869. The summed E-state index contributed by atoms with van der Waals surface area (Å²) in [4.78, 5) is 35.0. The molecule has 26 heavy (non-hydrogen) atoms. The van der Waals surface area contributed by atoms with Crippen LogP contribution in [0.5, 0.6) is 0 Å². The number of aliphatic hydroxyl groups is 3. The van der Waals surface area contributed by atoms with Gasteiger partial charge in [-0.15, -0.1) is 0 Å². The second-order valence-corrected chi connectivity index (χ2v) is 7.26. The molecular weight excluding hydrogens is 344 g/mol. The van der Waals surface area contributed by atoms with Gasteiger partial charge in [-0.3, -0.25) is 9.69 Å². The van der Waals surface area contributed by atoms with Crippen LogP contribution in [-0.2, 0) is 4.74 Å². The van der Waals surface area contributed by atoms with E-state index in [-0.39, 0.29) is 11.0 Å². The fraction of sp³-hybridized carbons (Fsp3) is 0.562. The summed E-state index contributed by atoms with van der Waals surface area (Å²) in [5.74, 6) is 0. The van der Waals surface area contributed by atoms with E-state index in [2.05, 4.69) is 15.0 Å². The van der Waals surface area contributed by atoms with Crippen LogP contribution in [0.2, 0.25) is 0 Å². The van der Waals surface area contributed by atoms with Gasteiger partial charge in [0.05, 0.1) is 25.0 Å². The second-order valence-electron chi connectivity index (χ2n) is 7.26. The van der Waals surface area contributed by atoms with Crippen molar-refractivity contribution < 1.29 is 24.9 Å². The van der Waals surface area contributed by atoms with Crippen LogP contribution < -0.4 is 5.56 Å². The Labute approximate surface area is 148 Å². The average Bonchev–Trinajstić information content (AvgIpc) is 3.07. The molecule has 2 aromatic heterocycles. The van der Waals surface area contributed by atoms with Crippen molar-refractivity contribution in [2.24, 2.45) is 0 Å². The zero-order chi connectivity index (χ0) is 19.2. The molecule has 0 radical (unpaired) electrons. The molecule has 1 fully saturated rings. The van der Waals surface area contributed by atoms with Gasteiger partial charge in [0.15, 0.2) is 0 Å². The first kappa shape index (κ1) is 18.4. The Morgan fingerprint density at radius 3 is 2.62 bits per heavy atom. The highest BCUT2D eigenvalue weighted by molar-refractivity contribution is 5.80. The highest BCUT2D eigenvalue weighted by Crippen LogP contribution is 2.39. The van der Waals surface area contributed by atoms with E-state index in [0.29, 0.717) is 5.56 Å². The minimum atomic E-state index is -1.39. The SMILES string of the molecule is CC(C)(C)OC(=O)N1[C@H](CO)[C@@H](O)[C@H](O)[C@@H]1c1c[nH]c2c(=O)[nH]cnc12. The number of amides is 1. The van der Waals surface area contributed by atoms with Crippen molar-refractivity contribution in [1.29, 1.82) is 0 Å². The van der Waals surface area contributed by atoms with Crippen LogP contribution in [0, 0.1) is 0 Å². The van der Waals surface area contributed by atoms with E-state index in [1.807, 2.05) is 0 Å². The third kappa shape index (κ3) is 2.96. The molecule has 0 spiro atoms. The quantitative estimate of drug-likeness (QED) is 0.486. The number of hydrogen-bond acceptors (Lipinski definition) is 7. The lowest BCUT2D eigenvalue weighted by Gasteiger charge is -2.32. The molecule has 0 saturated carbocycles. The van der Waals surface area contributed by atoms with Gasteiger partial charge in [0.2, 0.25) is 0 Å². The number of fused-ring (bicyclic) bond motifs is 1. The first-order valence-corrected chi connectivity index (χ1v) is 8.18. The van der Waals surface area contributed by atoms with Gasteiger partial charge in [-0.25, -0.2) is 9.78 Å². The number of aromatic amines is 2. The maximum Gasteiger partial charge on any atom is 0.411 e. The van der Waals surface area contributed by atoms with E-state index in [1.54, 1.807) is 20.8 Å². The van der Waals surface area contributed by atoms with Crippen LogP contribution in [0.1, 0.15) is 32.4 Å². The normalized spacial score (nSPS) is 26.5. The van der Waals surface area contributed by atoms with Gasteiger partial charge in [0.25, 0.3) is 5.56 Å². The lowest BCUT2D eigenvalue weighted by atomic mass is 10.0. The van der Waals surface area contributed by atoms with Crippen molar-refractivity contribution in [2.45, 2.75) is 50.7 Å². The van der Waals surface area contributed by atoms with Crippen LogP contribution >= 0.6 is 0 Å². The van der Waals surface area contributed by atoms with E-state index in [4.69, 9.17) is 4.74 Å². The smallest absolute Gasteiger partial charge is 0.411 e. The van der Waals surface area contributed by atoms with Crippen molar-refractivity contribution in [2.75, 3.05) is 6.61 Å². The molecular formula is C16H22N4O6. The van der Waals surface area contributed by atoms with Crippen LogP contribution in [0.3, 0.4) is 0 Å². The molecule has 4 atom stereocenters. The molecule has 2 aromatic rings. The molecule has 10 nitrogen and oxygen atoms in total. The molecule has 142 valence electrons. The fourth-order valence-electron chi connectivity index (χ4n) is 3.24. The molecule has 0 unspecified atom stereocenters. The third-order valence-electron chi connectivity index (χ3n) is 4.33. The van der Waals surface area contributed by atoms with Crippen LogP contribution in [0.25, 0.3) is 11.0 Å². The summed E-state index contributed by atoms with van der Waals surface area (Å²) in [5, 5.41) is 30.5. The van der Waals surface area contributed by atoms with Gasteiger partial charge >= 0.3 is 6.09 Å². The minimum absolute atomic E-state index is 0.181. The van der Waals surface area contributed by atoms with E-state index in [0.717, 1.165) is 4.90 Å². The number of aliphatic hydroxyl groups excluding tert-OH is 3. The summed E-state index contributed by atoms with van der Waals surface area (Å²) in [6, 6.07) is -2.10. The molecule has 1 aliphatic heterocycles. The fourth-order valence-corrected chi connectivity index (χ4v) is 3.24. The molecule has 10 heteroatoms. The zero-order valence-electron chi connectivity index (χ0n) is 14.6. The maximum absolute atomic E-state index is 12.7. The predicted molar refractivity (Wildman–Crippen MR) is 90.4 cm³/mol. The molecule has 0 aromatic carbocycles. The summed E-state index contributed by atoms with van der Waals surface area (Å²) in [5.41, 5.74) is -0.426. The van der Waals surface area contributed by atoms with Crippen molar-refractivity contribution in [3.8, 4) is 0 Å². The van der Waals surface area contributed by atoms with Crippen LogP contribution in [0.15, 0.2) is 17.3 Å². The van der Waals surface area contributed by atoms with Crippen molar-refractivity contribution >= 4 is 17.1 Å². The second kappa shape index (κ2) is 6.38. The number of carbonyl (C=O) groups is 1. The van der Waals surface area contributed by atoms with Gasteiger partial charge in [0.1, 0.15) is 28.8 Å². The first-order valence-electron chi connectivity index (χ1n) is 8.18. The van der Waals surface area contributed by atoms with Crippen LogP contribution in [0.4, 0.5) is 4.79 Å². The standard InChI is InChI=1S/C16H22N4O6/c1-16(2,3)26-15(25)20-8(5-21)12(22)13(23)11(20)7-4-17-10-9(7)18-6-19-14(10)24/h4,6,8,11-13,17,21-23H,5H2,1-3H3,(H,18,19,24)/t8-,11+,12-,13-/m1/s1. The predicted octanol–water partition coefficient (Wildman–Crippen LogP) is -0.374. The number of rotatable bonds is 2. The highest BCUT2D eigenvalue weighted by Gasteiger charge is 2.52. The molecule has 1 aliphatic rings. The van der Waals surface area contributed by atoms with Gasteiger partial charge in [-0.05, 0) is 20.8 Å². The van der Waals surface area contributed by atoms with E-state index in [9.17, 15) is 24.9 Å². The summed E-state index contributed by atoms with van der Waals surface area (Å²) in [6.45, 7) is 4.49. The number of carbonyl (C=O) groups excluding carboxylic acids is 1. The number of hydrogen-bond donors (Lipinski definition) is 5. The van der Waals surface area contributed by atoms with E-state index in [1.165, 1.54) is 12.5 Å². The number of aromatic nitrogens is 3. The Morgan fingerprint density at radius 2 is 2.00 bits per heavy atom. The number of H-pyrrole nitrogens is 2. The summed E-state index contributed by atoms with van der Waals surface area (Å²) in [7, 11) is 0. The Balaban J connectivity index is 2.10. The topological polar surface area (TPSA) is 152 Å².